The molecule has 2 aliphatic heterocycles. The number of nitrogens with zero attached hydrogens (tertiary/aromatic N) is 2. The molecule has 25 heavy (non-hydrogen) atoms. The summed E-state index contributed by atoms with van der Waals surface area (Å²) in [5, 5.41) is 12.6. The van der Waals surface area contributed by atoms with Gasteiger partial charge in [0, 0.05) is 18.7 Å². The summed E-state index contributed by atoms with van der Waals surface area (Å²) in [6.45, 7) is 2.75. The van der Waals surface area contributed by atoms with Gasteiger partial charge in [0.05, 0.1) is 6.61 Å². The molecule has 3 heterocycles. The normalized spacial score (nSPS) is 23.1. The minimum Gasteiger partial charge on any atom is -0.474 e. The molecule has 140 valence electrons. The third-order valence-electron chi connectivity index (χ3n) is 4.82. The number of ether oxygens (including phenoxy) is 1. The smallest absolute Gasteiger partial charge is 0.433 e. The number of likely N-dealkylation sites (tertiary alicyclic amines) is 1. The second-order valence-corrected chi connectivity index (χ2v) is 6.71. The van der Waals surface area contributed by atoms with Gasteiger partial charge in [0.15, 0.2) is 0 Å². The Morgan fingerprint density at radius 1 is 1.24 bits per heavy atom. The number of rotatable bonds is 5. The van der Waals surface area contributed by atoms with E-state index in [4.69, 9.17) is 4.74 Å². The minimum atomic E-state index is -4.51. The van der Waals surface area contributed by atoms with Gasteiger partial charge in [-0.3, -0.25) is 4.90 Å². The molecule has 1 aromatic rings. The van der Waals surface area contributed by atoms with Gasteiger partial charge in [-0.25, -0.2) is 4.98 Å². The molecule has 0 unspecified atom stereocenters. The van der Waals surface area contributed by atoms with Crippen LogP contribution in [0.25, 0.3) is 0 Å². The van der Waals surface area contributed by atoms with Crippen LogP contribution in [0.5, 0.6) is 5.88 Å². The van der Waals surface area contributed by atoms with Crippen LogP contribution in [0.15, 0.2) is 12.1 Å². The second-order valence-electron chi connectivity index (χ2n) is 6.71. The van der Waals surface area contributed by atoms with Crippen molar-refractivity contribution in [3.8, 4) is 5.88 Å². The molecule has 2 fully saturated rings. The SMILES string of the molecule is OC[C@H]1CCCN1Cc1cc(OC2CCNCC2)nc(C(F)(F)F)c1. The Bertz CT molecular complexity index is 577. The van der Waals surface area contributed by atoms with Gasteiger partial charge in [-0.15, -0.1) is 0 Å². The van der Waals surface area contributed by atoms with E-state index in [1.54, 1.807) is 6.07 Å². The molecule has 0 amide bonds. The lowest BCUT2D eigenvalue weighted by Gasteiger charge is -2.25. The Kier molecular flexibility index (Phi) is 5.81. The van der Waals surface area contributed by atoms with E-state index in [9.17, 15) is 18.3 Å². The summed E-state index contributed by atoms with van der Waals surface area (Å²) in [5.41, 5.74) is -0.403. The number of hydrogen-bond donors (Lipinski definition) is 2. The van der Waals surface area contributed by atoms with Crippen molar-refractivity contribution in [1.82, 2.24) is 15.2 Å². The van der Waals surface area contributed by atoms with Crippen LogP contribution in [-0.2, 0) is 12.7 Å². The number of aromatic nitrogens is 1. The highest BCUT2D eigenvalue weighted by molar-refractivity contribution is 5.27. The molecule has 0 radical (unpaired) electrons. The maximum atomic E-state index is 13.2. The van der Waals surface area contributed by atoms with Gasteiger partial charge in [-0.05, 0) is 56.9 Å². The van der Waals surface area contributed by atoms with E-state index >= 15 is 0 Å². The molecule has 0 spiro atoms. The number of aliphatic hydroxyl groups excluding tert-OH is 1. The summed E-state index contributed by atoms with van der Waals surface area (Å²) >= 11 is 0. The highest BCUT2D eigenvalue weighted by atomic mass is 19.4. The monoisotopic (exact) mass is 359 g/mol. The molecule has 2 N–H and O–H groups in total. The lowest BCUT2D eigenvalue weighted by Crippen LogP contribution is -2.34. The topological polar surface area (TPSA) is 57.6 Å². The van der Waals surface area contributed by atoms with Crippen LogP contribution in [0.3, 0.4) is 0 Å². The Hall–Kier alpha value is -1.38. The van der Waals surface area contributed by atoms with Crippen molar-refractivity contribution >= 4 is 0 Å². The number of nitrogens with one attached hydrogen (secondary N) is 1. The van der Waals surface area contributed by atoms with Crippen LogP contribution >= 0.6 is 0 Å². The highest BCUT2D eigenvalue weighted by Gasteiger charge is 2.34. The fourth-order valence-electron chi connectivity index (χ4n) is 3.48. The molecule has 5 nitrogen and oxygen atoms in total. The van der Waals surface area contributed by atoms with E-state index < -0.39 is 11.9 Å². The fourth-order valence-corrected chi connectivity index (χ4v) is 3.48. The average molecular weight is 359 g/mol. The summed E-state index contributed by atoms with van der Waals surface area (Å²) in [7, 11) is 0. The second kappa shape index (κ2) is 7.88. The van der Waals surface area contributed by atoms with Crippen LogP contribution in [-0.4, -0.2) is 53.4 Å². The lowest BCUT2D eigenvalue weighted by atomic mass is 10.1. The van der Waals surface area contributed by atoms with E-state index in [2.05, 4.69) is 10.3 Å². The number of alkyl halides is 3. The van der Waals surface area contributed by atoms with Crippen LogP contribution in [0, 0.1) is 0 Å². The van der Waals surface area contributed by atoms with Gasteiger partial charge in [-0.1, -0.05) is 0 Å². The Balaban J connectivity index is 1.79. The van der Waals surface area contributed by atoms with Crippen molar-refractivity contribution in [2.75, 3.05) is 26.2 Å². The number of piperidine rings is 1. The third-order valence-corrected chi connectivity index (χ3v) is 4.82. The quantitative estimate of drug-likeness (QED) is 0.844. The molecule has 3 rings (SSSR count). The van der Waals surface area contributed by atoms with Crippen molar-refractivity contribution in [2.45, 2.75) is 50.6 Å². The van der Waals surface area contributed by atoms with Gasteiger partial charge in [0.2, 0.25) is 5.88 Å². The molecule has 2 saturated heterocycles. The zero-order valence-corrected chi connectivity index (χ0v) is 14.1. The minimum absolute atomic E-state index is 0.0105. The van der Waals surface area contributed by atoms with Crippen molar-refractivity contribution in [3.63, 3.8) is 0 Å². The predicted octanol–water partition coefficient (Wildman–Crippen LogP) is 2.19. The third kappa shape index (κ3) is 4.83. The Morgan fingerprint density at radius 3 is 2.68 bits per heavy atom. The number of halogens is 3. The van der Waals surface area contributed by atoms with E-state index in [0.29, 0.717) is 12.1 Å². The van der Waals surface area contributed by atoms with E-state index in [1.165, 1.54) is 0 Å². The zero-order valence-electron chi connectivity index (χ0n) is 14.1. The molecular weight excluding hydrogens is 335 g/mol. The van der Waals surface area contributed by atoms with Crippen molar-refractivity contribution in [1.29, 1.82) is 0 Å². The zero-order chi connectivity index (χ0) is 17.9. The largest absolute Gasteiger partial charge is 0.474 e. The van der Waals surface area contributed by atoms with Crippen LogP contribution in [0.2, 0.25) is 0 Å². The standard InChI is InChI=1S/C17H24F3N3O2/c18-17(19,20)15-8-12(10-23-7-1-2-13(23)11-24)9-16(22-15)25-14-3-5-21-6-4-14/h8-9,13-14,21,24H,1-7,10-11H2/t13-/m1/s1. The Morgan fingerprint density at radius 2 is 2.00 bits per heavy atom. The summed E-state index contributed by atoms with van der Waals surface area (Å²) in [6.07, 6.45) is -1.30. The van der Waals surface area contributed by atoms with Crippen molar-refractivity contribution < 1.29 is 23.0 Å². The predicted molar refractivity (Wildman–Crippen MR) is 86.3 cm³/mol. The van der Waals surface area contributed by atoms with Gasteiger partial charge < -0.3 is 15.2 Å². The molecule has 0 aliphatic carbocycles. The van der Waals surface area contributed by atoms with Crippen LogP contribution < -0.4 is 10.1 Å². The molecule has 0 bridgehead atoms. The molecule has 1 aromatic heterocycles. The number of hydrogen-bond acceptors (Lipinski definition) is 5. The van der Waals surface area contributed by atoms with E-state index in [1.807, 2.05) is 4.90 Å². The maximum absolute atomic E-state index is 13.2. The van der Waals surface area contributed by atoms with E-state index in [-0.39, 0.29) is 24.6 Å². The summed E-state index contributed by atoms with van der Waals surface area (Å²) in [6, 6.07) is 2.70. The van der Waals surface area contributed by atoms with Crippen LogP contribution in [0.4, 0.5) is 13.2 Å². The summed E-state index contributed by atoms with van der Waals surface area (Å²) in [4.78, 5) is 5.69. The number of aliphatic hydroxyl groups is 1. The molecule has 1 atom stereocenters. The van der Waals surface area contributed by atoms with Crippen LogP contribution in [0.1, 0.15) is 36.9 Å². The summed E-state index contributed by atoms with van der Waals surface area (Å²) in [5.74, 6) is 0.0384. The molecular formula is C17H24F3N3O2. The molecule has 0 aromatic carbocycles. The van der Waals surface area contributed by atoms with Gasteiger partial charge in [0.25, 0.3) is 0 Å². The number of pyridine rings is 1. The first-order valence-electron chi connectivity index (χ1n) is 8.76. The molecule has 2 aliphatic rings. The highest BCUT2D eigenvalue weighted by Crippen LogP contribution is 2.31. The van der Waals surface area contributed by atoms with Gasteiger partial charge in [0.1, 0.15) is 11.8 Å². The average Bonchev–Trinajstić information content (AvgIpc) is 3.02. The first-order chi connectivity index (χ1) is 12.0. The first-order valence-corrected chi connectivity index (χ1v) is 8.76. The Labute approximate surface area is 145 Å². The maximum Gasteiger partial charge on any atom is 0.433 e. The van der Waals surface area contributed by atoms with Gasteiger partial charge in [-0.2, -0.15) is 13.2 Å². The van der Waals surface area contributed by atoms with E-state index in [0.717, 1.165) is 51.4 Å². The van der Waals surface area contributed by atoms with Gasteiger partial charge >= 0.3 is 6.18 Å². The van der Waals surface area contributed by atoms with Crippen molar-refractivity contribution in [3.05, 3.63) is 23.4 Å². The summed E-state index contributed by atoms with van der Waals surface area (Å²) < 4.78 is 45.3. The van der Waals surface area contributed by atoms with Crippen molar-refractivity contribution in [2.24, 2.45) is 0 Å². The molecule has 0 saturated carbocycles. The first kappa shape index (κ1) is 18.4. The molecule has 8 heteroatoms. The fraction of sp³-hybridized carbons (Fsp3) is 0.706. The lowest BCUT2D eigenvalue weighted by molar-refractivity contribution is -0.141.